The number of methoxy groups -OCH3 is 1. The van der Waals surface area contributed by atoms with E-state index in [0.29, 0.717) is 21.4 Å². The fourth-order valence-corrected chi connectivity index (χ4v) is 5.26. The van der Waals surface area contributed by atoms with Crippen molar-refractivity contribution < 1.29 is 22.7 Å². The third-order valence-corrected chi connectivity index (χ3v) is 7.52. The van der Waals surface area contributed by atoms with Crippen molar-refractivity contribution >= 4 is 62.3 Å². The molecule has 2 amide bonds. The first-order chi connectivity index (χ1) is 17.1. The van der Waals surface area contributed by atoms with E-state index in [0.717, 1.165) is 10.6 Å². The summed E-state index contributed by atoms with van der Waals surface area (Å²) >= 11 is 19.0. The molecule has 0 fully saturated rings. The van der Waals surface area contributed by atoms with Gasteiger partial charge in [0, 0.05) is 27.7 Å². The topological polar surface area (TPSA) is 96.0 Å². The molecule has 0 radical (unpaired) electrons. The fraction of sp³-hybridized carbons (Fsp3) is 0.440. The van der Waals surface area contributed by atoms with Gasteiger partial charge in [0.1, 0.15) is 18.3 Å². The van der Waals surface area contributed by atoms with Crippen LogP contribution in [0.25, 0.3) is 0 Å². The molecule has 0 aromatic heterocycles. The maximum atomic E-state index is 13.8. The van der Waals surface area contributed by atoms with Gasteiger partial charge >= 0.3 is 0 Å². The first-order valence-corrected chi connectivity index (χ1v) is 14.4. The van der Waals surface area contributed by atoms with Crippen LogP contribution in [0.3, 0.4) is 0 Å². The van der Waals surface area contributed by atoms with Crippen LogP contribution in [0, 0.1) is 0 Å². The van der Waals surface area contributed by atoms with Crippen molar-refractivity contribution in [3.63, 3.8) is 0 Å². The summed E-state index contributed by atoms with van der Waals surface area (Å²) in [6.45, 7) is 6.56. The van der Waals surface area contributed by atoms with E-state index >= 15 is 0 Å². The summed E-state index contributed by atoms with van der Waals surface area (Å²) in [6.07, 6.45) is 1.25. The smallest absolute Gasteiger partial charge is 0.244 e. The first kappa shape index (κ1) is 31.0. The lowest BCUT2D eigenvalue weighted by Crippen LogP contribution is -2.55. The number of benzene rings is 2. The van der Waals surface area contributed by atoms with E-state index in [4.69, 9.17) is 39.5 Å². The zero-order chi connectivity index (χ0) is 28.1. The van der Waals surface area contributed by atoms with Gasteiger partial charge in [-0.3, -0.25) is 13.9 Å². The number of halogens is 3. The Morgan fingerprint density at radius 3 is 2.11 bits per heavy atom. The molecule has 1 N–H and O–H groups in total. The Bertz CT molecular complexity index is 1230. The minimum atomic E-state index is -3.92. The van der Waals surface area contributed by atoms with Gasteiger partial charge in [-0.1, -0.05) is 47.8 Å². The highest BCUT2D eigenvalue weighted by atomic mass is 35.5. The molecule has 0 aliphatic carbocycles. The Balaban J connectivity index is 2.55. The quantitative estimate of drug-likeness (QED) is 0.412. The molecule has 12 heteroatoms. The number of amides is 2. The molecule has 0 bridgehead atoms. The number of hydrogen-bond donors (Lipinski definition) is 1. The summed E-state index contributed by atoms with van der Waals surface area (Å²) in [5.74, 6) is -0.653. The number of hydrogen-bond acceptors (Lipinski definition) is 5. The average Bonchev–Trinajstić information content (AvgIpc) is 2.77. The Hall–Kier alpha value is -2.20. The summed E-state index contributed by atoms with van der Waals surface area (Å²) in [5.41, 5.74) is 0.0593. The zero-order valence-electron chi connectivity index (χ0n) is 21.6. The van der Waals surface area contributed by atoms with Crippen molar-refractivity contribution in [1.29, 1.82) is 0 Å². The molecule has 37 heavy (non-hydrogen) atoms. The van der Waals surface area contributed by atoms with Crippen LogP contribution in [-0.2, 0) is 26.2 Å². The van der Waals surface area contributed by atoms with Crippen LogP contribution < -0.4 is 14.4 Å². The number of nitrogens with zero attached hydrogens (tertiary/aromatic N) is 2. The van der Waals surface area contributed by atoms with Gasteiger partial charge in [0.15, 0.2) is 0 Å². The predicted molar refractivity (Wildman–Crippen MR) is 149 cm³/mol. The summed E-state index contributed by atoms with van der Waals surface area (Å²) in [6, 6.07) is 8.40. The van der Waals surface area contributed by atoms with Gasteiger partial charge in [0.2, 0.25) is 21.8 Å². The molecule has 0 heterocycles. The van der Waals surface area contributed by atoms with Gasteiger partial charge < -0.3 is 15.0 Å². The number of carbonyl (C=O) groups is 2. The van der Waals surface area contributed by atoms with Crippen molar-refractivity contribution in [2.75, 3.05) is 24.2 Å². The first-order valence-electron chi connectivity index (χ1n) is 11.4. The molecule has 1 atom stereocenters. The summed E-state index contributed by atoms with van der Waals surface area (Å²) in [5, 5.41) is 3.71. The molecule has 0 spiro atoms. The van der Waals surface area contributed by atoms with Crippen LogP contribution in [0.1, 0.15) is 39.7 Å². The minimum absolute atomic E-state index is 0.103. The minimum Gasteiger partial charge on any atom is -0.495 e. The molecule has 0 unspecified atom stereocenters. The molecule has 0 aliphatic rings. The summed E-state index contributed by atoms with van der Waals surface area (Å²) in [7, 11) is -2.49. The molecule has 0 saturated heterocycles. The highest BCUT2D eigenvalue weighted by Crippen LogP contribution is 2.31. The molecule has 204 valence electrons. The fourth-order valence-electron chi connectivity index (χ4n) is 3.65. The van der Waals surface area contributed by atoms with Gasteiger partial charge in [0.25, 0.3) is 0 Å². The molecular weight excluding hydrogens is 561 g/mol. The summed E-state index contributed by atoms with van der Waals surface area (Å²) < 4.78 is 31.6. The van der Waals surface area contributed by atoms with E-state index in [1.54, 1.807) is 25.1 Å². The lowest BCUT2D eigenvalue weighted by atomic mass is 10.1. The Morgan fingerprint density at radius 2 is 1.65 bits per heavy atom. The Kier molecular flexibility index (Phi) is 10.5. The zero-order valence-corrected chi connectivity index (χ0v) is 24.7. The molecule has 0 saturated carbocycles. The predicted octanol–water partition coefficient (Wildman–Crippen LogP) is 5.14. The third-order valence-electron chi connectivity index (χ3n) is 5.38. The molecular formula is C25H32Cl3N3O5S. The van der Waals surface area contributed by atoms with Crippen LogP contribution in [0.2, 0.25) is 15.1 Å². The highest BCUT2D eigenvalue weighted by molar-refractivity contribution is 7.92. The van der Waals surface area contributed by atoms with Crippen LogP contribution in [0.4, 0.5) is 5.69 Å². The second kappa shape index (κ2) is 12.6. The number of ether oxygens (including phenoxy) is 1. The van der Waals surface area contributed by atoms with Crippen molar-refractivity contribution in [2.45, 2.75) is 52.2 Å². The second-order valence-electron chi connectivity index (χ2n) is 9.47. The number of nitrogens with one attached hydrogen (secondary N) is 1. The number of rotatable bonds is 10. The second-order valence-corrected chi connectivity index (χ2v) is 12.6. The molecule has 2 rings (SSSR count). The largest absolute Gasteiger partial charge is 0.495 e. The lowest BCUT2D eigenvalue weighted by Gasteiger charge is -2.34. The van der Waals surface area contributed by atoms with Crippen LogP contribution in [0.15, 0.2) is 36.4 Å². The standard InChI is InChI=1S/C25H32Cl3N3O5S/c1-7-21(24(33)29-25(2,3)4)30(14-17-18(26)9-8-10-19(17)27)23(32)15-31(37(6,34)35)16-11-12-22(36-5)20(28)13-16/h8-13,21H,7,14-15H2,1-6H3,(H,29,33)/t21-/m0/s1. The van der Waals surface area contributed by atoms with Gasteiger partial charge in [0.05, 0.1) is 24.1 Å². The highest BCUT2D eigenvalue weighted by Gasteiger charge is 2.34. The van der Waals surface area contributed by atoms with E-state index in [1.165, 1.54) is 30.2 Å². The number of carbonyl (C=O) groups excluding carboxylic acids is 2. The SMILES string of the molecule is CC[C@@H](C(=O)NC(C)(C)C)N(Cc1c(Cl)cccc1Cl)C(=O)CN(c1ccc(OC)c(Cl)c1)S(C)(=O)=O. The lowest BCUT2D eigenvalue weighted by molar-refractivity contribution is -0.141. The maximum absolute atomic E-state index is 13.8. The van der Waals surface area contributed by atoms with Crippen LogP contribution in [0.5, 0.6) is 5.75 Å². The van der Waals surface area contributed by atoms with Crippen molar-refractivity contribution in [3.8, 4) is 5.75 Å². The number of sulfonamides is 1. The van der Waals surface area contributed by atoms with Crippen molar-refractivity contribution in [1.82, 2.24) is 10.2 Å². The Labute approximate surface area is 233 Å². The average molecular weight is 593 g/mol. The normalized spacial score (nSPS) is 12.6. The maximum Gasteiger partial charge on any atom is 0.244 e. The van der Waals surface area contributed by atoms with Crippen molar-refractivity contribution in [3.05, 3.63) is 57.0 Å². The third kappa shape index (κ3) is 8.40. The van der Waals surface area contributed by atoms with Gasteiger partial charge in [-0.2, -0.15) is 0 Å². The monoisotopic (exact) mass is 591 g/mol. The molecule has 8 nitrogen and oxygen atoms in total. The molecule has 0 aliphatic heterocycles. The summed E-state index contributed by atoms with van der Waals surface area (Å²) in [4.78, 5) is 28.3. The van der Waals surface area contributed by atoms with E-state index in [1.807, 2.05) is 20.8 Å². The van der Waals surface area contributed by atoms with Crippen molar-refractivity contribution in [2.24, 2.45) is 0 Å². The Morgan fingerprint density at radius 1 is 1.05 bits per heavy atom. The van der Waals surface area contributed by atoms with E-state index in [-0.39, 0.29) is 29.6 Å². The molecule has 2 aromatic rings. The van der Waals surface area contributed by atoms with Gasteiger partial charge in [-0.05, 0) is 57.5 Å². The van der Waals surface area contributed by atoms with E-state index in [9.17, 15) is 18.0 Å². The van der Waals surface area contributed by atoms with Crippen LogP contribution >= 0.6 is 34.8 Å². The van der Waals surface area contributed by atoms with E-state index < -0.39 is 34.1 Å². The van der Waals surface area contributed by atoms with Crippen LogP contribution in [-0.4, -0.2) is 56.6 Å². The van der Waals surface area contributed by atoms with E-state index in [2.05, 4.69) is 5.32 Å². The van der Waals surface area contributed by atoms with Gasteiger partial charge in [-0.15, -0.1) is 0 Å². The molecule has 2 aromatic carbocycles. The van der Waals surface area contributed by atoms with Gasteiger partial charge in [-0.25, -0.2) is 8.42 Å². The number of anilines is 1.